The van der Waals surface area contributed by atoms with Crippen molar-refractivity contribution < 1.29 is 13.5 Å². The van der Waals surface area contributed by atoms with Gasteiger partial charge in [-0.2, -0.15) is 0 Å². The van der Waals surface area contributed by atoms with Crippen molar-refractivity contribution >= 4 is 15.9 Å². The van der Waals surface area contributed by atoms with Gasteiger partial charge in [0.1, 0.15) is 24.0 Å². The van der Waals surface area contributed by atoms with E-state index in [1.165, 1.54) is 18.2 Å². The molecule has 0 aliphatic carbocycles. The Morgan fingerprint density at radius 3 is 2.71 bits per heavy atom. The minimum absolute atomic E-state index is 0.0494. The van der Waals surface area contributed by atoms with E-state index in [9.17, 15) is 8.78 Å². The highest BCUT2D eigenvalue weighted by atomic mass is 79.9. The fraction of sp³-hybridized carbons (Fsp3) is 0.250. The summed E-state index contributed by atoms with van der Waals surface area (Å²) < 4.78 is 33.0. The maximum atomic E-state index is 13.5. The van der Waals surface area contributed by atoms with Crippen LogP contribution in [0.2, 0.25) is 0 Å². The van der Waals surface area contributed by atoms with Crippen LogP contribution in [0.15, 0.2) is 40.9 Å². The monoisotopic (exact) mass is 355 g/mol. The molecule has 0 aliphatic heterocycles. The van der Waals surface area contributed by atoms with Crippen molar-refractivity contribution in [3.05, 3.63) is 63.6 Å². The van der Waals surface area contributed by atoms with Crippen LogP contribution in [-0.4, -0.2) is 7.05 Å². The van der Waals surface area contributed by atoms with E-state index in [0.29, 0.717) is 15.8 Å². The molecule has 0 bridgehead atoms. The molecule has 0 saturated heterocycles. The summed E-state index contributed by atoms with van der Waals surface area (Å²) in [5.41, 5.74) is 1.42. The van der Waals surface area contributed by atoms with E-state index >= 15 is 0 Å². The molecule has 0 radical (unpaired) electrons. The van der Waals surface area contributed by atoms with Gasteiger partial charge in [-0.1, -0.05) is 12.1 Å². The van der Waals surface area contributed by atoms with Crippen LogP contribution in [0.5, 0.6) is 5.75 Å². The van der Waals surface area contributed by atoms with Crippen molar-refractivity contribution in [2.75, 3.05) is 7.05 Å². The van der Waals surface area contributed by atoms with Gasteiger partial charge in [-0.3, -0.25) is 0 Å². The molecule has 0 fully saturated rings. The highest BCUT2D eigenvalue weighted by Crippen LogP contribution is 2.28. The van der Waals surface area contributed by atoms with Crippen LogP contribution in [0.1, 0.15) is 24.1 Å². The number of nitrogens with one attached hydrogen (secondary N) is 1. The zero-order valence-corrected chi connectivity index (χ0v) is 13.4. The molecule has 5 heteroatoms. The summed E-state index contributed by atoms with van der Waals surface area (Å²) in [6, 6.07) is 9.11. The molecule has 2 aromatic rings. The van der Waals surface area contributed by atoms with Gasteiger partial charge in [-0.15, -0.1) is 0 Å². The number of benzene rings is 2. The summed E-state index contributed by atoms with van der Waals surface area (Å²) >= 11 is 3.20. The molecule has 0 saturated carbocycles. The molecule has 0 heterocycles. The Morgan fingerprint density at radius 1 is 1.24 bits per heavy atom. The number of ether oxygens (including phenoxy) is 1. The van der Waals surface area contributed by atoms with Gasteiger partial charge >= 0.3 is 0 Å². The topological polar surface area (TPSA) is 21.3 Å². The minimum Gasteiger partial charge on any atom is -0.489 e. The first kappa shape index (κ1) is 15.9. The predicted octanol–water partition coefficient (Wildman–Crippen LogP) is 4.59. The Labute approximate surface area is 131 Å². The van der Waals surface area contributed by atoms with Gasteiger partial charge in [0.2, 0.25) is 0 Å². The number of hydrogen-bond acceptors (Lipinski definition) is 2. The first-order valence-electron chi connectivity index (χ1n) is 6.55. The van der Waals surface area contributed by atoms with Crippen molar-refractivity contribution in [1.29, 1.82) is 0 Å². The highest BCUT2D eigenvalue weighted by Gasteiger charge is 2.13. The minimum atomic E-state index is -0.334. The molecule has 21 heavy (non-hydrogen) atoms. The Kier molecular flexibility index (Phi) is 5.31. The maximum Gasteiger partial charge on any atom is 0.137 e. The molecule has 1 atom stereocenters. The molecule has 0 aliphatic rings. The fourth-order valence-electron chi connectivity index (χ4n) is 1.96. The van der Waals surface area contributed by atoms with Crippen molar-refractivity contribution in [3.63, 3.8) is 0 Å². The average molecular weight is 356 g/mol. The van der Waals surface area contributed by atoms with E-state index in [4.69, 9.17) is 4.74 Å². The SMILES string of the molecule is CNC(C)c1cc(F)ccc1OCc1cccc(F)c1Br. The second-order valence-corrected chi connectivity index (χ2v) is 5.49. The molecular formula is C16H16BrF2NO. The van der Waals surface area contributed by atoms with E-state index in [0.717, 1.165) is 5.56 Å². The Bertz CT molecular complexity index is 634. The number of rotatable bonds is 5. The smallest absolute Gasteiger partial charge is 0.137 e. The summed E-state index contributed by atoms with van der Waals surface area (Å²) in [7, 11) is 1.79. The van der Waals surface area contributed by atoms with E-state index < -0.39 is 0 Å². The highest BCUT2D eigenvalue weighted by molar-refractivity contribution is 9.10. The van der Waals surface area contributed by atoms with Crippen LogP contribution >= 0.6 is 15.9 Å². The quantitative estimate of drug-likeness (QED) is 0.846. The second-order valence-electron chi connectivity index (χ2n) is 4.69. The Morgan fingerprint density at radius 2 is 2.00 bits per heavy atom. The second kappa shape index (κ2) is 7.00. The van der Waals surface area contributed by atoms with Gasteiger partial charge in [-0.05, 0) is 54.2 Å². The molecule has 2 nitrogen and oxygen atoms in total. The summed E-state index contributed by atoms with van der Waals surface area (Å²) in [6.45, 7) is 2.12. The van der Waals surface area contributed by atoms with Gasteiger partial charge in [0.25, 0.3) is 0 Å². The zero-order chi connectivity index (χ0) is 15.4. The van der Waals surface area contributed by atoms with Crippen molar-refractivity contribution in [1.82, 2.24) is 5.32 Å². The van der Waals surface area contributed by atoms with Gasteiger partial charge in [0.15, 0.2) is 0 Å². The maximum absolute atomic E-state index is 13.5. The molecule has 1 unspecified atom stereocenters. The van der Waals surface area contributed by atoms with Crippen LogP contribution in [0.25, 0.3) is 0 Å². The van der Waals surface area contributed by atoms with Crippen molar-refractivity contribution in [2.24, 2.45) is 0 Å². The first-order valence-corrected chi connectivity index (χ1v) is 7.34. The third kappa shape index (κ3) is 3.80. The third-order valence-corrected chi connectivity index (χ3v) is 4.17. The van der Waals surface area contributed by atoms with E-state index in [-0.39, 0.29) is 24.3 Å². The lowest BCUT2D eigenvalue weighted by Crippen LogP contribution is -2.14. The average Bonchev–Trinajstić information content (AvgIpc) is 2.49. The van der Waals surface area contributed by atoms with Crippen LogP contribution in [0.4, 0.5) is 8.78 Å². The van der Waals surface area contributed by atoms with Gasteiger partial charge in [0, 0.05) is 17.2 Å². The fourth-order valence-corrected chi connectivity index (χ4v) is 2.34. The van der Waals surface area contributed by atoms with Crippen molar-refractivity contribution in [2.45, 2.75) is 19.6 Å². The van der Waals surface area contributed by atoms with Crippen LogP contribution in [-0.2, 0) is 6.61 Å². The molecule has 0 amide bonds. The number of hydrogen-bond donors (Lipinski definition) is 1. The molecule has 112 valence electrons. The van der Waals surface area contributed by atoms with Gasteiger partial charge < -0.3 is 10.1 Å². The Hall–Kier alpha value is -1.46. The van der Waals surface area contributed by atoms with Crippen LogP contribution in [0, 0.1) is 11.6 Å². The molecular weight excluding hydrogens is 340 g/mol. The van der Waals surface area contributed by atoms with Gasteiger partial charge in [-0.25, -0.2) is 8.78 Å². The molecule has 1 N–H and O–H groups in total. The van der Waals surface area contributed by atoms with E-state index in [1.807, 2.05) is 6.92 Å². The first-order chi connectivity index (χ1) is 10.0. The Balaban J connectivity index is 2.22. The van der Waals surface area contributed by atoms with E-state index in [2.05, 4.69) is 21.2 Å². The van der Waals surface area contributed by atoms with E-state index in [1.54, 1.807) is 25.2 Å². The zero-order valence-electron chi connectivity index (χ0n) is 11.8. The standard InChI is InChI=1S/C16H16BrF2NO/c1-10(20-2)13-8-12(18)6-7-15(13)21-9-11-4-3-5-14(19)16(11)17/h3-8,10,20H,9H2,1-2H3. The van der Waals surface area contributed by atoms with Crippen LogP contribution < -0.4 is 10.1 Å². The third-order valence-electron chi connectivity index (χ3n) is 3.29. The lowest BCUT2D eigenvalue weighted by molar-refractivity contribution is 0.298. The summed E-state index contributed by atoms with van der Waals surface area (Å²) in [6.07, 6.45) is 0. The summed E-state index contributed by atoms with van der Waals surface area (Å²) in [4.78, 5) is 0. The predicted molar refractivity (Wildman–Crippen MR) is 82.3 cm³/mol. The molecule has 0 spiro atoms. The lowest BCUT2D eigenvalue weighted by Gasteiger charge is -2.17. The molecule has 2 aromatic carbocycles. The lowest BCUT2D eigenvalue weighted by atomic mass is 10.1. The van der Waals surface area contributed by atoms with Crippen LogP contribution in [0.3, 0.4) is 0 Å². The van der Waals surface area contributed by atoms with Crippen molar-refractivity contribution in [3.8, 4) is 5.75 Å². The normalized spacial score (nSPS) is 12.2. The summed E-state index contributed by atoms with van der Waals surface area (Å²) in [5.74, 6) is -0.0696. The molecule has 2 rings (SSSR count). The van der Waals surface area contributed by atoms with Gasteiger partial charge in [0.05, 0.1) is 4.47 Å². The summed E-state index contributed by atoms with van der Waals surface area (Å²) in [5, 5.41) is 3.05. The number of halogens is 3. The largest absolute Gasteiger partial charge is 0.489 e. The molecule has 0 aromatic heterocycles.